The Bertz CT molecular complexity index is 1030. The van der Waals surface area contributed by atoms with Crippen LogP contribution in [-0.2, 0) is 4.74 Å². The molecule has 2 aromatic heterocycles. The molecule has 1 aliphatic heterocycles. The Kier molecular flexibility index (Phi) is 6.66. The molecule has 0 bridgehead atoms. The van der Waals surface area contributed by atoms with E-state index in [2.05, 4.69) is 36.4 Å². The number of rotatable bonds is 7. The molecule has 0 radical (unpaired) electrons. The number of carbonyl (C=O) groups excluding carboxylic acids is 1. The molecule has 0 unspecified atom stereocenters. The van der Waals surface area contributed by atoms with Crippen molar-refractivity contribution in [2.24, 2.45) is 0 Å². The van der Waals surface area contributed by atoms with E-state index < -0.39 is 0 Å². The van der Waals surface area contributed by atoms with Gasteiger partial charge >= 0.3 is 0 Å². The molecule has 0 aliphatic carbocycles. The number of hydrogen-bond donors (Lipinski definition) is 2. The van der Waals surface area contributed by atoms with E-state index in [9.17, 15) is 4.79 Å². The van der Waals surface area contributed by atoms with E-state index in [-0.39, 0.29) is 5.91 Å². The summed E-state index contributed by atoms with van der Waals surface area (Å²) in [5.74, 6) is 0.395. The molecule has 0 spiro atoms. The maximum Gasteiger partial charge on any atom is 0.270 e. The summed E-state index contributed by atoms with van der Waals surface area (Å²) in [6.07, 6.45) is 2.49. The molecular weight excluding hydrogens is 448 g/mol. The summed E-state index contributed by atoms with van der Waals surface area (Å²) in [4.78, 5) is 19.6. The second-order valence-electron chi connectivity index (χ2n) is 7.34. The molecule has 1 fully saturated rings. The quantitative estimate of drug-likeness (QED) is 0.504. The summed E-state index contributed by atoms with van der Waals surface area (Å²) in [6, 6.07) is 9.50. The second kappa shape index (κ2) is 9.59. The second-order valence-corrected chi connectivity index (χ2v) is 8.20. The fourth-order valence-electron chi connectivity index (χ4n) is 3.46. The normalized spacial score (nSPS) is 14.7. The highest BCUT2D eigenvalue weighted by atomic mass is 79.9. The SMILES string of the molecule is Cc1cc(Nc2nc(C(=O)NCCCN3CCOCC3)cc3occc23)ccc1Br. The van der Waals surface area contributed by atoms with Gasteiger partial charge < -0.3 is 19.8 Å². The summed E-state index contributed by atoms with van der Waals surface area (Å²) in [5, 5.41) is 7.12. The van der Waals surface area contributed by atoms with E-state index in [4.69, 9.17) is 9.15 Å². The number of nitrogens with one attached hydrogen (secondary N) is 2. The number of fused-ring (bicyclic) bond motifs is 1. The monoisotopic (exact) mass is 472 g/mol. The van der Waals surface area contributed by atoms with Gasteiger partial charge in [0.2, 0.25) is 0 Å². The van der Waals surface area contributed by atoms with Crippen molar-refractivity contribution in [2.45, 2.75) is 13.3 Å². The maximum atomic E-state index is 12.7. The third kappa shape index (κ3) is 5.00. The largest absolute Gasteiger partial charge is 0.464 e. The third-order valence-electron chi connectivity index (χ3n) is 5.14. The van der Waals surface area contributed by atoms with E-state index in [1.54, 1.807) is 12.3 Å². The Balaban J connectivity index is 1.43. The van der Waals surface area contributed by atoms with Gasteiger partial charge in [-0.25, -0.2) is 4.98 Å². The smallest absolute Gasteiger partial charge is 0.270 e. The average molecular weight is 473 g/mol. The summed E-state index contributed by atoms with van der Waals surface area (Å²) < 4.78 is 12.0. The number of benzene rings is 1. The lowest BCUT2D eigenvalue weighted by atomic mass is 10.2. The Labute approximate surface area is 183 Å². The van der Waals surface area contributed by atoms with Crippen molar-refractivity contribution >= 4 is 44.3 Å². The number of morpholine rings is 1. The molecule has 158 valence electrons. The van der Waals surface area contributed by atoms with Crippen molar-refractivity contribution in [3.8, 4) is 0 Å². The molecule has 30 heavy (non-hydrogen) atoms. The first-order valence-corrected chi connectivity index (χ1v) is 10.9. The zero-order chi connectivity index (χ0) is 20.9. The standard InChI is InChI=1S/C22H25BrN4O3/c1-15-13-16(3-4-18(15)23)25-21-17-5-10-30-20(17)14-19(26-21)22(28)24-6-2-7-27-8-11-29-12-9-27/h3-5,10,13-14H,2,6-9,11-12H2,1H3,(H,24,28)(H,25,26). The van der Waals surface area contributed by atoms with Crippen molar-refractivity contribution in [1.29, 1.82) is 0 Å². The summed E-state index contributed by atoms with van der Waals surface area (Å²) in [5.41, 5.74) is 2.96. The van der Waals surface area contributed by atoms with Crippen molar-refractivity contribution in [2.75, 3.05) is 44.7 Å². The molecule has 2 N–H and O–H groups in total. The van der Waals surface area contributed by atoms with E-state index in [0.717, 1.165) is 60.4 Å². The van der Waals surface area contributed by atoms with Gasteiger partial charge in [0.25, 0.3) is 5.91 Å². The van der Waals surface area contributed by atoms with Gasteiger partial charge in [0.15, 0.2) is 0 Å². The molecule has 3 aromatic rings. The van der Waals surface area contributed by atoms with Crippen LogP contribution in [0, 0.1) is 6.92 Å². The van der Waals surface area contributed by atoms with Gasteiger partial charge in [-0.1, -0.05) is 15.9 Å². The lowest BCUT2D eigenvalue weighted by Gasteiger charge is -2.26. The number of aromatic nitrogens is 1. The Morgan fingerprint density at radius 1 is 1.23 bits per heavy atom. The molecule has 1 aromatic carbocycles. The highest BCUT2D eigenvalue weighted by Crippen LogP contribution is 2.28. The Morgan fingerprint density at radius 2 is 2.07 bits per heavy atom. The molecule has 1 saturated heterocycles. The summed E-state index contributed by atoms with van der Waals surface area (Å²) in [7, 11) is 0. The van der Waals surface area contributed by atoms with Crippen LogP contribution in [0.15, 0.2) is 45.5 Å². The maximum absolute atomic E-state index is 12.7. The molecule has 0 atom stereocenters. The number of ether oxygens (including phenoxy) is 1. The van der Waals surface area contributed by atoms with E-state index in [1.807, 2.05) is 31.2 Å². The zero-order valence-electron chi connectivity index (χ0n) is 16.9. The molecule has 8 heteroatoms. The van der Waals surface area contributed by atoms with E-state index >= 15 is 0 Å². The van der Waals surface area contributed by atoms with Crippen LogP contribution in [0.3, 0.4) is 0 Å². The molecule has 1 aliphatic rings. The minimum Gasteiger partial charge on any atom is -0.464 e. The number of pyridine rings is 1. The minimum absolute atomic E-state index is 0.203. The van der Waals surface area contributed by atoms with Gasteiger partial charge in [-0.2, -0.15) is 0 Å². The summed E-state index contributed by atoms with van der Waals surface area (Å²) >= 11 is 3.51. The average Bonchev–Trinajstić information content (AvgIpc) is 3.23. The summed E-state index contributed by atoms with van der Waals surface area (Å²) in [6.45, 7) is 7.05. The van der Waals surface area contributed by atoms with E-state index in [0.29, 0.717) is 23.6 Å². The number of hydrogen-bond acceptors (Lipinski definition) is 6. The van der Waals surface area contributed by atoms with Crippen LogP contribution in [0.2, 0.25) is 0 Å². The number of amides is 1. The molecule has 0 saturated carbocycles. The fraction of sp³-hybridized carbons (Fsp3) is 0.364. The number of furan rings is 1. The van der Waals surface area contributed by atoms with Gasteiger partial charge in [-0.05, 0) is 49.7 Å². The van der Waals surface area contributed by atoms with E-state index in [1.165, 1.54) is 0 Å². The van der Waals surface area contributed by atoms with Crippen molar-refractivity contribution in [1.82, 2.24) is 15.2 Å². The Morgan fingerprint density at radius 3 is 2.87 bits per heavy atom. The van der Waals surface area contributed by atoms with Crippen LogP contribution in [0.25, 0.3) is 11.0 Å². The van der Waals surface area contributed by atoms with Gasteiger partial charge in [-0.3, -0.25) is 9.69 Å². The van der Waals surface area contributed by atoms with Crippen molar-refractivity contribution in [3.05, 3.63) is 52.3 Å². The Hall–Kier alpha value is -2.42. The van der Waals surface area contributed by atoms with Crippen LogP contribution in [-0.4, -0.2) is 55.2 Å². The first kappa shape index (κ1) is 20.8. The predicted octanol–water partition coefficient (Wildman–Crippen LogP) is 4.09. The lowest BCUT2D eigenvalue weighted by molar-refractivity contribution is 0.0374. The zero-order valence-corrected chi connectivity index (χ0v) is 18.5. The molecular formula is C22H25BrN4O3. The number of nitrogens with zero attached hydrogens (tertiary/aromatic N) is 2. The van der Waals surface area contributed by atoms with Gasteiger partial charge in [0.05, 0.1) is 24.9 Å². The third-order valence-corrected chi connectivity index (χ3v) is 6.03. The van der Waals surface area contributed by atoms with Gasteiger partial charge in [0, 0.05) is 35.9 Å². The highest BCUT2D eigenvalue weighted by Gasteiger charge is 2.15. The number of anilines is 2. The topological polar surface area (TPSA) is 79.6 Å². The van der Waals surface area contributed by atoms with Gasteiger partial charge in [-0.15, -0.1) is 0 Å². The fourth-order valence-corrected chi connectivity index (χ4v) is 3.70. The van der Waals surface area contributed by atoms with Crippen LogP contribution in [0.4, 0.5) is 11.5 Å². The molecule has 1 amide bonds. The first-order valence-electron chi connectivity index (χ1n) is 10.1. The highest BCUT2D eigenvalue weighted by molar-refractivity contribution is 9.10. The van der Waals surface area contributed by atoms with Gasteiger partial charge in [0.1, 0.15) is 17.1 Å². The minimum atomic E-state index is -0.203. The lowest BCUT2D eigenvalue weighted by Crippen LogP contribution is -2.38. The van der Waals surface area contributed by atoms with Crippen LogP contribution >= 0.6 is 15.9 Å². The van der Waals surface area contributed by atoms with Crippen LogP contribution in [0.1, 0.15) is 22.5 Å². The van der Waals surface area contributed by atoms with Crippen LogP contribution < -0.4 is 10.6 Å². The number of aryl methyl sites for hydroxylation is 1. The van der Waals surface area contributed by atoms with Crippen LogP contribution in [0.5, 0.6) is 0 Å². The van der Waals surface area contributed by atoms with Crippen molar-refractivity contribution < 1.29 is 13.9 Å². The van der Waals surface area contributed by atoms with Crippen molar-refractivity contribution in [3.63, 3.8) is 0 Å². The number of carbonyl (C=O) groups is 1. The number of halogens is 1. The molecule has 3 heterocycles. The molecule has 7 nitrogen and oxygen atoms in total. The predicted molar refractivity (Wildman–Crippen MR) is 120 cm³/mol. The first-order chi connectivity index (χ1) is 14.6. The molecule has 4 rings (SSSR count).